The van der Waals surface area contributed by atoms with Gasteiger partial charge in [-0.15, -0.1) is 11.3 Å². The molecule has 3 rings (SSSR count). The monoisotopic (exact) mass is 269 g/mol. The molecule has 2 heterocycles. The van der Waals surface area contributed by atoms with E-state index in [0.717, 1.165) is 16.1 Å². The molecule has 0 unspecified atom stereocenters. The Labute approximate surface area is 116 Å². The maximum Gasteiger partial charge on any atom is 0.192 e. The molecule has 0 saturated heterocycles. The highest BCUT2D eigenvalue weighted by atomic mass is 32.1. The molecule has 0 aliphatic rings. The first-order chi connectivity index (χ1) is 9.15. The fourth-order valence-corrected chi connectivity index (χ4v) is 3.16. The summed E-state index contributed by atoms with van der Waals surface area (Å²) < 4.78 is 2.09. The molecule has 0 N–H and O–H groups in total. The second-order valence-corrected chi connectivity index (χ2v) is 6.05. The fourth-order valence-electron chi connectivity index (χ4n) is 2.36. The van der Waals surface area contributed by atoms with E-state index in [-0.39, 0.29) is 5.78 Å². The highest BCUT2D eigenvalue weighted by Crippen LogP contribution is 2.21. The van der Waals surface area contributed by atoms with Gasteiger partial charge in [0.1, 0.15) is 0 Å². The van der Waals surface area contributed by atoms with Crippen LogP contribution in [0.25, 0.3) is 10.9 Å². The number of aryl methyl sites for hydroxylation is 2. The molecule has 0 aliphatic heterocycles. The molecule has 0 amide bonds. The van der Waals surface area contributed by atoms with Crippen molar-refractivity contribution in [3.8, 4) is 0 Å². The number of hydrogen-bond acceptors (Lipinski definition) is 2. The lowest BCUT2D eigenvalue weighted by Crippen LogP contribution is -2.10. The summed E-state index contributed by atoms with van der Waals surface area (Å²) in [5, 5.41) is 1.19. The Bertz CT molecular complexity index is 751. The Morgan fingerprint density at radius 1 is 1.16 bits per heavy atom. The SMILES string of the molecule is Cc1ccc(C(=O)Cn2c(C)cc3ccccc32)s1. The number of hydrogen-bond donors (Lipinski definition) is 0. The predicted molar refractivity (Wildman–Crippen MR) is 80.1 cm³/mol. The third-order valence-corrected chi connectivity index (χ3v) is 4.38. The van der Waals surface area contributed by atoms with Gasteiger partial charge >= 0.3 is 0 Å². The second kappa shape index (κ2) is 4.67. The number of rotatable bonds is 3. The number of thiophene rings is 1. The standard InChI is InChI=1S/C16H15NOS/c1-11-9-13-5-3-4-6-14(13)17(11)10-15(18)16-8-7-12(2)19-16/h3-9H,10H2,1-2H3. The van der Waals surface area contributed by atoms with E-state index < -0.39 is 0 Å². The molecule has 0 aliphatic carbocycles. The van der Waals surface area contributed by atoms with Crippen LogP contribution in [-0.2, 0) is 6.54 Å². The molecule has 3 heteroatoms. The van der Waals surface area contributed by atoms with Gasteiger partial charge in [0.2, 0.25) is 0 Å². The summed E-state index contributed by atoms with van der Waals surface area (Å²) in [4.78, 5) is 14.3. The Hall–Kier alpha value is -1.87. The molecule has 0 atom stereocenters. The molecule has 0 spiro atoms. The maximum atomic E-state index is 12.3. The third-order valence-electron chi connectivity index (χ3n) is 3.33. The number of ketones is 1. The molecule has 0 fully saturated rings. The summed E-state index contributed by atoms with van der Waals surface area (Å²) >= 11 is 1.57. The van der Waals surface area contributed by atoms with E-state index in [1.165, 1.54) is 10.3 Å². The van der Waals surface area contributed by atoms with Gasteiger partial charge in [0.05, 0.1) is 11.4 Å². The average molecular weight is 269 g/mol. The minimum Gasteiger partial charge on any atom is -0.337 e. The summed E-state index contributed by atoms with van der Waals surface area (Å²) in [6, 6.07) is 14.2. The van der Waals surface area contributed by atoms with Gasteiger partial charge in [0.15, 0.2) is 5.78 Å². The van der Waals surface area contributed by atoms with E-state index in [9.17, 15) is 4.79 Å². The lowest BCUT2D eigenvalue weighted by atomic mass is 10.2. The fraction of sp³-hybridized carbons (Fsp3) is 0.188. The number of Topliss-reactive ketones (excluding diaryl/α,β-unsaturated/α-hetero) is 1. The number of carbonyl (C=O) groups excluding carboxylic acids is 1. The summed E-state index contributed by atoms with van der Waals surface area (Å²) in [5.74, 6) is 0.183. The van der Waals surface area contributed by atoms with Gasteiger partial charge in [-0.2, -0.15) is 0 Å². The molecule has 0 bridgehead atoms. The van der Waals surface area contributed by atoms with Gasteiger partial charge in [-0.1, -0.05) is 18.2 Å². The normalized spacial score (nSPS) is 11.1. The second-order valence-electron chi connectivity index (χ2n) is 4.76. The van der Waals surface area contributed by atoms with Crippen molar-refractivity contribution in [2.45, 2.75) is 20.4 Å². The van der Waals surface area contributed by atoms with Crippen LogP contribution in [0.2, 0.25) is 0 Å². The van der Waals surface area contributed by atoms with E-state index in [0.29, 0.717) is 6.54 Å². The van der Waals surface area contributed by atoms with Crippen LogP contribution >= 0.6 is 11.3 Å². The quantitative estimate of drug-likeness (QED) is 0.653. The average Bonchev–Trinajstić information content (AvgIpc) is 2.95. The highest BCUT2D eigenvalue weighted by molar-refractivity contribution is 7.14. The van der Waals surface area contributed by atoms with Gasteiger partial charge in [0.25, 0.3) is 0 Å². The molecule has 1 aromatic carbocycles. The first kappa shape index (κ1) is 12.2. The molecule has 2 nitrogen and oxygen atoms in total. The van der Waals surface area contributed by atoms with Crippen LogP contribution in [0.3, 0.4) is 0 Å². The summed E-state index contributed by atoms with van der Waals surface area (Å²) in [6.07, 6.45) is 0. The van der Waals surface area contributed by atoms with E-state index >= 15 is 0 Å². The number of benzene rings is 1. The molecule has 0 saturated carbocycles. The van der Waals surface area contributed by atoms with Gasteiger partial charge < -0.3 is 4.57 Å². The summed E-state index contributed by atoms with van der Waals surface area (Å²) in [7, 11) is 0. The smallest absolute Gasteiger partial charge is 0.192 e. The zero-order valence-corrected chi connectivity index (χ0v) is 11.8. The Morgan fingerprint density at radius 3 is 2.68 bits per heavy atom. The molecular weight excluding hydrogens is 254 g/mol. The van der Waals surface area contributed by atoms with Crippen molar-refractivity contribution >= 4 is 28.0 Å². The van der Waals surface area contributed by atoms with Crippen molar-refractivity contribution in [2.75, 3.05) is 0 Å². The van der Waals surface area contributed by atoms with Crippen molar-refractivity contribution < 1.29 is 4.79 Å². The lowest BCUT2D eigenvalue weighted by molar-refractivity contribution is 0.0977. The first-order valence-electron chi connectivity index (χ1n) is 6.29. The number of carbonyl (C=O) groups is 1. The highest BCUT2D eigenvalue weighted by Gasteiger charge is 2.12. The number of nitrogens with zero attached hydrogens (tertiary/aromatic N) is 1. The minimum atomic E-state index is 0.183. The predicted octanol–water partition coefficient (Wildman–Crippen LogP) is 4.20. The topological polar surface area (TPSA) is 22.0 Å². The van der Waals surface area contributed by atoms with E-state index in [4.69, 9.17) is 0 Å². The molecule has 2 aromatic heterocycles. The largest absolute Gasteiger partial charge is 0.337 e. The van der Waals surface area contributed by atoms with Crippen molar-refractivity contribution in [3.63, 3.8) is 0 Å². The maximum absolute atomic E-state index is 12.3. The van der Waals surface area contributed by atoms with Crippen LogP contribution in [0.4, 0.5) is 0 Å². The Morgan fingerprint density at radius 2 is 1.95 bits per heavy atom. The third kappa shape index (κ3) is 2.22. The van der Waals surface area contributed by atoms with Crippen LogP contribution in [0.1, 0.15) is 20.2 Å². The summed E-state index contributed by atoms with van der Waals surface area (Å²) in [6.45, 7) is 4.49. The zero-order valence-electron chi connectivity index (χ0n) is 11.0. The van der Waals surface area contributed by atoms with Gasteiger partial charge in [-0.3, -0.25) is 4.79 Å². The number of fused-ring (bicyclic) bond motifs is 1. The summed E-state index contributed by atoms with van der Waals surface area (Å²) in [5.41, 5.74) is 2.25. The molecule has 96 valence electrons. The number of aromatic nitrogens is 1. The zero-order chi connectivity index (χ0) is 13.4. The Kier molecular flexibility index (Phi) is 2.99. The van der Waals surface area contributed by atoms with E-state index in [1.807, 2.05) is 38.1 Å². The van der Waals surface area contributed by atoms with Gasteiger partial charge in [-0.25, -0.2) is 0 Å². The van der Waals surface area contributed by atoms with Crippen molar-refractivity contribution in [3.05, 3.63) is 57.9 Å². The van der Waals surface area contributed by atoms with Crippen molar-refractivity contribution in [2.24, 2.45) is 0 Å². The molecular formula is C16H15NOS. The van der Waals surface area contributed by atoms with E-state index in [1.54, 1.807) is 11.3 Å². The Balaban J connectivity index is 1.97. The lowest BCUT2D eigenvalue weighted by Gasteiger charge is -2.06. The van der Waals surface area contributed by atoms with Crippen molar-refractivity contribution in [1.82, 2.24) is 4.57 Å². The van der Waals surface area contributed by atoms with Crippen LogP contribution in [0, 0.1) is 13.8 Å². The van der Waals surface area contributed by atoms with Gasteiger partial charge in [0, 0.05) is 16.1 Å². The van der Waals surface area contributed by atoms with Crippen LogP contribution in [0.15, 0.2) is 42.5 Å². The van der Waals surface area contributed by atoms with Crippen LogP contribution < -0.4 is 0 Å². The van der Waals surface area contributed by atoms with Crippen LogP contribution in [0.5, 0.6) is 0 Å². The molecule has 3 aromatic rings. The molecule has 0 radical (unpaired) electrons. The molecule has 19 heavy (non-hydrogen) atoms. The van der Waals surface area contributed by atoms with E-state index in [2.05, 4.69) is 22.8 Å². The minimum absolute atomic E-state index is 0.183. The van der Waals surface area contributed by atoms with Crippen molar-refractivity contribution in [1.29, 1.82) is 0 Å². The first-order valence-corrected chi connectivity index (χ1v) is 7.11. The van der Waals surface area contributed by atoms with Gasteiger partial charge in [-0.05, 0) is 43.5 Å². The number of para-hydroxylation sites is 1. The van der Waals surface area contributed by atoms with Crippen LogP contribution in [-0.4, -0.2) is 10.4 Å².